The van der Waals surface area contributed by atoms with Crippen LogP contribution in [0.3, 0.4) is 0 Å². The van der Waals surface area contributed by atoms with Gasteiger partial charge in [-0.05, 0) is 25.0 Å². The first kappa shape index (κ1) is 25.3. The van der Waals surface area contributed by atoms with Crippen molar-refractivity contribution in [2.24, 2.45) is 0 Å². The smallest absolute Gasteiger partial charge is 0.281 e. The third kappa shape index (κ3) is 5.88. The van der Waals surface area contributed by atoms with Gasteiger partial charge in [0.25, 0.3) is 24.2 Å². The molecule has 1 amide bonds. The van der Waals surface area contributed by atoms with Gasteiger partial charge in [0.1, 0.15) is 17.6 Å². The molecule has 7 nitrogen and oxygen atoms in total. The van der Waals surface area contributed by atoms with Crippen molar-refractivity contribution >= 4 is 28.8 Å². The molecular weight excluding hydrogens is 510 g/mol. The predicted molar refractivity (Wildman–Crippen MR) is 121 cm³/mol. The summed E-state index contributed by atoms with van der Waals surface area (Å²) in [6, 6.07) is 3.24. The van der Waals surface area contributed by atoms with Crippen LogP contribution in [-0.4, -0.2) is 51.5 Å². The number of ether oxygens (including phenoxy) is 1. The molecule has 1 unspecified atom stereocenters. The van der Waals surface area contributed by atoms with Crippen molar-refractivity contribution in [3.05, 3.63) is 69.0 Å². The first-order valence-corrected chi connectivity index (χ1v) is 11.9. The Morgan fingerprint density at radius 2 is 1.94 bits per heavy atom. The number of halogens is 5. The molecule has 3 heterocycles. The number of aromatic nitrogens is 3. The quantitative estimate of drug-likeness (QED) is 0.422. The highest BCUT2D eigenvalue weighted by atomic mass is 35.5. The molecule has 1 saturated heterocycles. The number of rotatable bonds is 8. The van der Waals surface area contributed by atoms with Crippen LogP contribution in [0.25, 0.3) is 0 Å². The number of nitrogens with one attached hydrogen (secondary N) is 1. The lowest BCUT2D eigenvalue weighted by Crippen LogP contribution is -2.44. The summed E-state index contributed by atoms with van der Waals surface area (Å²) in [6.45, 7) is 0.748. The number of hydrogen-bond donors (Lipinski definition) is 1. The monoisotopic (exact) mass is 529 g/mol. The zero-order chi connectivity index (χ0) is 24.9. The van der Waals surface area contributed by atoms with E-state index in [1.54, 1.807) is 0 Å². The van der Waals surface area contributed by atoms with Gasteiger partial charge in [-0.3, -0.25) is 9.69 Å². The van der Waals surface area contributed by atoms with Gasteiger partial charge in [-0.1, -0.05) is 17.7 Å². The number of likely N-dealkylation sites (tertiary alicyclic amines) is 1. The fourth-order valence-electron chi connectivity index (χ4n) is 3.91. The van der Waals surface area contributed by atoms with Crippen molar-refractivity contribution in [3.63, 3.8) is 0 Å². The summed E-state index contributed by atoms with van der Waals surface area (Å²) in [7, 11) is 0. The lowest BCUT2D eigenvalue weighted by molar-refractivity contribution is 0.0654. The zero-order valence-electron chi connectivity index (χ0n) is 18.1. The van der Waals surface area contributed by atoms with Crippen LogP contribution in [-0.2, 0) is 0 Å². The lowest BCUT2D eigenvalue weighted by Gasteiger charge is -2.37. The van der Waals surface area contributed by atoms with Gasteiger partial charge in [0.15, 0.2) is 0 Å². The maximum absolute atomic E-state index is 14.2. The first-order valence-electron chi connectivity index (χ1n) is 10.7. The van der Waals surface area contributed by atoms with Crippen LogP contribution in [0, 0.1) is 11.8 Å². The third-order valence-corrected chi connectivity index (χ3v) is 6.86. The van der Waals surface area contributed by atoms with Gasteiger partial charge in [0.05, 0.1) is 27.0 Å². The highest BCUT2D eigenvalue weighted by molar-refractivity contribution is 7.09. The van der Waals surface area contributed by atoms with Gasteiger partial charge in [0, 0.05) is 32.0 Å². The summed E-state index contributed by atoms with van der Waals surface area (Å²) < 4.78 is 60.8. The van der Waals surface area contributed by atoms with Crippen molar-refractivity contribution in [2.75, 3.05) is 19.6 Å². The Kier molecular flexibility index (Phi) is 8.14. The average Bonchev–Trinajstić information content (AvgIpc) is 3.32. The van der Waals surface area contributed by atoms with E-state index in [2.05, 4.69) is 20.3 Å². The van der Waals surface area contributed by atoms with Gasteiger partial charge >= 0.3 is 0 Å². The minimum Gasteiger partial charge on any atom is -0.471 e. The van der Waals surface area contributed by atoms with Crippen molar-refractivity contribution in [3.8, 4) is 5.88 Å². The molecule has 1 atom stereocenters. The lowest BCUT2D eigenvalue weighted by atomic mass is 10.0. The third-order valence-electron chi connectivity index (χ3n) is 5.60. The molecule has 13 heteroatoms. The molecule has 1 aromatic carbocycles. The minimum atomic E-state index is -2.80. The number of amides is 1. The van der Waals surface area contributed by atoms with Crippen LogP contribution in [0.1, 0.15) is 46.2 Å². The molecule has 35 heavy (non-hydrogen) atoms. The van der Waals surface area contributed by atoms with E-state index >= 15 is 0 Å². The van der Waals surface area contributed by atoms with Crippen molar-refractivity contribution in [1.82, 2.24) is 25.2 Å². The molecule has 4 rings (SSSR count). The summed E-state index contributed by atoms with van der Waals surface area (Å²) >= 11 is 7.04. The van der Waals surface area contributed by atoms with Gasteiger partial charge in [0.2, 0.25) is 0 Å². The van der Waals surface area contributed by atoms with E-state index in [-0.39, 0.29) is 34.8 Å². The van der Waals surface area contributed by atoms with Gasteiger partial charge < -0.3 is 10.1 Å². The molecule has 1 N–H and O–H groups in total. The molecule has 2 aromatic heterocycles. The number of nitrogens with zero attached hydrogens (tertiary/aromatic N) is 4. The SMILES string of the molecule is O=C(NCC(c1scnc1C(F)F)N1CCC(Oc2nccnc2F)CC1)c1c(F)cccc1Cl. The summed E-state index contributed by atoms with van der Waals surface area (Å²) in [4.78, 5) is 26.0. The van der Waals surface area contributed by atoms with Gasteiger partial charge in [-0.15, -0.1) is 11.3 Å². The van der Waals surface area contributed by atoms with Crippen LogP contribution < -0.4 is 10.1 Å². The van der Waals surface area contributed by atoms with E-state index in [4.69, 9.17) is 16.3 Å². The standard InChI is InChI=1S/C22H20ClF4N5O2S/c23-13-2-1-3-14(24)16(13)21(33)30-10-15(18-17(19(25)26)31-11-35-18)32-8-4-12(5-9-32)34-22-20(27)28-6-7-29-22/h1-3,6-7,11-12,15,19H,4-5,8-10H2,(H,30,33). The molecule has 0 radical (unpaired) electrons. The zero-order valence-corrected chi connectivity index (χ0v) is 19.7. The average molecular weight is 530 g/mol. The molecular formula is C22H20ClF4N5O2S. The number of piperidine rings is 1. The Morgan fingerprint density at radius 3 is 2.63 bits per heavy atom. The first-order chi connectivity index (χ1) is 16.8. The van der Waals surface area contributed by atoms with E-state index in [1.165, 1.54) is 30.0 Å². The number of carbonyl (C=O) groups is 1. The Labute approximate surface area is 207 Å². The highest BCUT2D eigenvalue weighted by Gasteiger charge is 2.32. The van der Waals surface area contributed by atoms with Crippen LogP contribution >= 0.6 is 22.9 Å². The highest BCUT2D eigenvalue weighted by Crippen LogP contribution is 2.34. The molecule has 1 fully saturated rings. The van der Waals surface area contributed by atoms with E-state index in [9.17, 15) is 22.4 Å². The summed E-state index contributed by atoms with van der Waals surface area (Å²) in [5.41, 5.74) is 0.647. The van der Waals surface area contributed by atoms with Crippen LogP contribution in [0.5, 0.6) is 5.88 Å². The van der Waals surface area contributed by atoms with Crippen LogP contribution in [0.4, 0.5) is 17.6 Å². The second-order valence-corrected chi connectivity index (χ2v) is 9.02. The molecule has 3 aromatic rings. The van der Waals surface area contributed by atoms with E-state index < -0.39 is 30.1 Å². The Morgan fingerprint density at radius 1 is 1.20 bits per heavy atom. The maximum atomic E-state index is 14.2. The maximum Gasteiger partial charge on any atom is 0.281 e. The van der Waals surface area contributed by atoms with Crippen LogP contribution in [0.2, 0.25) is 5.02 Å². The van der Waals surface area contributed by atoms with E-state index in [0.29, 0.717) is 30.8 Å². The topological polar surface area (TPSA) is 80.2 Å². The largest absolute Gasteiger partial charge is 0.471 e. The Balaban J connectivity index is 1.48. The Bertz CT molecular complexity index is 1160. The predicted octanol–water partition coefficient (Wildman–Crippen LogP) is 4.82. The summed E-state index contributed by atoms with van der Waals surface area (Å²) in [5, 5.41) is 2.56. The molecule has 0 saturated carbocycles. The second kappa shape index (κ2) is 11.3. The summed E-state index contributed by atoms with van der Waals surface area (Å²) in [5.74, 6) is -2.54. The van der Waals surface area contributed by atoms with Crippen LogP contribution in [0.15, 0.2) is 36.1 Å². The molecule has 0 bridgehead atoms. The minimum absolute atomic E-state index is 0.0562. The fraction of sp³-hybridized carbons (Fsp3) is 0.364. The number of carbonyl (C=O) groups excluding carboxylic acids is 1. The van der Waals surface area contributed by atoms with Gasteiger partial charge in [-0.25, -0.2) is 28.1 Å². The number of alkyl halides is 2. The number of thiazole rings is 1. The van der Waals surface area contributed by atoms with E-state index in [0.717, 1.165) is 17.4 Å². The molecule has 0 spiro atoms. The fourth-order valence-corrected chi connectivity index (χ4v) is 5.09. The van der Waals surface area contributed by atoms with E-state index in [1.807, 2.05) is 4.90 Å². The molecule has 186 valence electrons. The number of hydrogen-bond acceptors (Lipinski definition) is 7. The van der Waals surface area contributed by atoms with Crippen molar-refractivity contribution in [2.45, 2.75) is 31.4 Å². The van der Waals surface area contributed by atoms with Crippen molar-refractivity contribution < 1.29 is 27.1 Å². The normalized spacial score (nSPS) is 15.8. The summed E-state index contributed by atoms with van der Waals surface area (Å²) in [6.07, 6.45) is 0.319. The van der Waals surface area contributed by atoms with Crippen molar-refractivity contribution in [1.29, 1.82) is 0 Å². The van der Waals surface area contributed by atoms with Gasteiger partial charge in [-0.2, -0.15) is 4.39 Å². The second-order valence-electron chi connectivity index (χ2n) is 7.73. The Hall–Kier alpha value is -2.83. The molecule has 1 aliphatic rings. The number of benzene rings is 1. The molecule has 0 aliphatic carbocycles. The molecule has 1 aliphatic heterocycles.